The van der Waals surface area contributed by atoms with Gasteiger partial charge < -0.3 is 5.32 Å². The normalized spacial score (nSPS) is 11.1. The highest BCUT2D eigenvalue weighted by molar-refractivity contribution is 7.88. The van der Waals surface area contributed by atoms with Crippen molar-refractivity contribution in [2.75, 3.05) is 20.1 Å². The lowest BCUT2D eigenvalue weighted by atomic mass is 10.2. The number of nitrogens with one attached hydrogen (secondary N) is 1. The summed E-state index contributed by atoms with van der Waals surface area (Å²) in [7, 11) is -2.10. The van der Waals surface area contributed by atoms with Gasteiger partial charge in [-0.2, -0.15) is 9.57 Å². The molecule has 1 aromatic rings. The molecule has 0 aliphatic rings. The summed E-state index contributed by atoms with van der Waals surface area (Å²) in [6.07, 6.45) is 0.629. The molecule has 21 heavy (non-hydrogen) atoms. The van der Waals surface area contributed by atoms with E-state index in [2.05, 4.69) is 5.32 Å². The monoisotopic (exact) mass is 309 g/mol. The first-order valence-corrected chi connectivity index (χ1v) is 8.21. The molecule has 6 nitrogen and oxygen atoms in total. The number of likely N-dealkylation sites (N-methyl/N-ethyl adjacent to an activating group) is 1. The molecule has 0 spiro atoms. The largest absolute Gasteiger partial charge is 0.358 e. The fourth-order valence-corrected chi connectivity index (χ4v) is 3.35. The molecule has 1 amide bonds. The van der Waals surface area contributed by atoms with Gasteiger partial charge in [0.15, 0.2) is 0 Å². The van der Waals surface area contributed by atoms with Crippen molar-refractivity contribution in [2.24, 2.45) is 0 Å². The van der Waals surface area contributed by atoms with Crippen LogP contribution in [-0.4, -0.2) is 38.8 Å². The maximum atomic E-state index is 12.4. The van der Waals surface area contributed by atoms with Crippen LogP contribution in [-0.2, 0) is 20.6 Å². The third-order valence-corrected chi connectivity index (χ3v) is 4.69. The Hall–Kier alpha value is -1.91. The van der Waals surface area contributed by atoms with Gasteiger partial charge in [0.2, 0.25) is 15.9 Å². The molecule has 0 fully saturated rings. The number of hydrogen-bond acceptors (Lipinski definition) is 4. The number of carbonyl (C=O) groups is 1. The van der Waals surface area contributed by atoms with Crippen LogP contribution < -0.4 is 5.32 Å². The molecule has 0 bridgehead atoms. The summed E-state index contributed by atoms with van der Waals surface area (Å²) in [5.74, 6) is -0.526. The molecule has 114 valence electrons. The molecule has 1 N–H and O–H groups in total. The van der Waals surface area contributed by atoms with Gasteiger partial charge in [-0.25, -0.2) is 8.42 Å². The second kappa shape index (κ2) is 7.76. The van der Waals surface area contributed by atoms with Gasteiger partial charge in [0.05, 0.1) is 23.9 Å². The number of hydrogen-bond donors (Lipinski definition) is 1. The third kappa shape index (κ3) is 5.17. The topological polar surface area (TPSA) is 90.3 Å². The van der Waals surface area contributed by atoms with Gasteiger partial charge >= 0.3 is 0 Å². The van der Waals surface area contributed by atoms with Crippen LogP contribution in [0.25, 0.3) is 0 Å². The molecule has 0 saturated carbocycles. The summed E-state index contributed by atoms with van der Waals surface area (Å²) in [5.41, 5.74) is 1.07. The lowest BCUT2D eigenvalue weighted by molar-refractivity contribution is -0.120. The van der Waals surface area contributed by atoms with Gasteiger partial charge in [0.25, 0.3) is 0 Å². The standard InChI is InChI=1S/C14H19N3O3S/c1-3-8-17(10-14(18)16-2)21(19,20)11-13-6-4-12(9-15)5-7-13/h4-7H,3,8,10-11H2,1-2H3,(H,16,18). The van der Waals surface area contributed by atoms with Crippen molar-refractivity contribution in [3.05, 3.63) is 35.4 Å². The molecule has 0 aliphatic carbocycles. The quantitative estimate of drug-likeness (QED) is 0.808. The maximum Gasteiger partial charge on any atom is 0.235 e. The van der Waals surface area contributed by atoms with E-state index in [9.17, 15) is 13.2 Å². The number of amides is 1. The van der Waals surface area contributed by atoms with E-state index in [1.54, 1.807) is 24.3 Å². The van der Waals surface area contributed by atoms with Crippen LogP contribution in [0.15, 0.2) is 24.3 Å². The summed E-state index contributed by atoms with van der Waals surface area (Å²) in [4.78, 5) is 11.4. The lowest BCUT2D eigenvalue weighted by Crippen LogP contribution is -2.40. The summed E-state index contributed by atoms with van der Waals surface area (Å²) in [5, 5.41) is 11.1. The fourth-order valence-electron chi connectivity index (χ4n) is 1.78. The van der Waals surface area contributed by atoms with Crippen molar-refractivity contribution in [2.45, 2.75) is 19.1 Å². The molecule has 0 aliphatic heterocycles. The third-order valence-electron chi connectivity index (χ3n) is 2.90. The Morgan fingerprint density at radius 1 is 1.33 bits per heavy atom. The van der Waals surface area contributed by atoms with E-state index in [0.717, 1.165) is 0 Å². The summed E-state index contributed by atoms with van der Waals surface area (Å²) in [6.45, 7) is 1.98. The van der Waals surface area contributed by atoms with E-state index < -0.39 is 10.0 Å². The number of benzene rings is 1. The van der Waals surface area contributed by atoms with Gasteiger partial charge in [0, 0.05) is 13.6 Å². The molecular weight excluding hydrogens is 290 g/mol. The molecule has 0 saturated heterocycles. The first kappa shape index (κ1) is 17.1. The Balaban J connectivity index is 2.89. The van der Waals surface area contributed by atoms with Gasteiger partial charge in [-0.1, -0.05) is 19.1 Å². The van der Waals surface area contributed by atoms with Gasteiger partial charge in [-0.05, 0) is 24.1 Å². The maximum absolute atomic E-state index is 12.4. The van der Waals surface area contributed by atoms with Crippen LogP contribution in [0, 0.1) is 11.3 Å². The number of nitrogens with zero attached hydrogens (tertiary/aromatic N) is 2. The molecule has 0 heterocycles. The van der Waals surface area contributed by atoms with Crippen molar-refractivity contribution < 1.29 is 13.2 Å². The number of rotatable bonds is 7. The Kier molecular flexibility index (Phi) is 6.34. The average molecular weight is 309 g/mol. The smallest absolute Gasteiger partial charge is 0.235 e. The van der Waals surface area contributed by atoms with Crippen molar-refractivity contribution in [3.63, 3.8) is 0 Å². The molecule has 0 radical (unpaired) electrons. The molecule has 0 aromatic heterocycles. The first-order valence-electron chi connectivity index (χ1n) is 6.60. The zero-order chi connectivity index (χ0) is 15.9. The molecular formula is C14H19N3O3S. The van der Waals surface area contributed by atoms with Crippen molar-refractivity contribution in [1.82, 2.24) is 9.62 Å². The predicted octanol–water partition coefficient (Wildman–Crippen LogP) is 0.846. The lowest BCUT2D eigenvalue weighted by Gasteiger charge is -2.20. The van der Waals surface area contributed by atoms with Gasteiger partial charge in [-0.15, -0.1) is 0 Å². The van der Waals surface area contributed by atoms with Crippen LogP contribution in [0.2, 0.25) is 0 Å². The summed E-state index contributed by atoms with van der Waals surface area (Å²) < 4.78 is 25.9. The highest BCUT2D eigenvalue weighted by Gasteiger charge is 2.23. The van der Waals surface area contributed by atoms with Crippen LogP contribution in [0.5, 0.6) is 0 Å². The van der Waals surface area contributed by atoms with Crippen LogP contribution >= 0.6 is 0 Å². The van der Waals surface area contributed by atoms with Crippen LogP contribution in [0.3, 0.4) is 0 Å². The second-order valence-corrected chi connectivity index (χ2v) is 6.54. The molecule has 1 rings (SSSR count). The van der Waals surface area contributed by atoms with Gasteiger partial charge in [-0.3, -0.25) is 4.79 Å². The minimum Gasteiger partial charge on any atom is -0.358 e. The highest BCUT2D eigenvalue weighted by Crippen LogP contribution is 2.12. The Morgan fingerprint density at radius 2 is 1.95 bits per heavy atom. The SMILES string of the molecule is CCCN(CC(=O)NC)S(=O)(=O)Cc1ccc(C#N)cc1. The highest BCUT2D eigenvalue weighted by atomic mass is 32.2. The molecule has 7 heteroatoms. The average Bonchev–Trinajstić information content (AvgIpc) is 2.47. The Labute approximate surface area is 125 Å². The number of sulfonamides is 1. The molecule has 1 aromatic carbocycles. The van der Waals surface area contributed by atoms with E-state index in [1.807, 2.05) is 13.0 Å². The van der Waals surface area contributed by atoms with E-state index in [-0.39, 0.29) is 18.2 Å². The van der Waals surface area contributed by atoms with Gasteiger partial charge in [0.1, 0.15) is 0 Å². The number of nitriles is 1. The fraction of sp³-hybridized carbons (Fsp3) is 0.429. The predicted molar refractivity (Wildman–Crippen MR) is 79.7 cm³/mol. The van der Waals surface area contributed by atoms with E-state index in [4.69, 9.17) is 5.26 Å². The van der Waals surface area contributed by atoms with Crippen LogP contribution in [0.1, 0.15) is 24.5 Å². The van der Waals surface area contributed by atoms with Crippen molar-refractivity contribution >= 4 is 15.9 Å². The summed E-state index contributed by atoms with van der Waals surface area (Å²) >= 11 is 0. The molecule has 0 atom stereocenters. The van der Waals surface area contributed by atoms with Crippen molar-refractivity contribution in [3.8, 4) is 6.07 Å². The second-order valence-electron chi connectivity index (χ2n) is 4.57. The minimum atomic E-state index is -3.57. The Morgan fingerprint density at radius 3 is 2.43 bits per heavy atom. The first-order chi connectivity index (χ1) is 9.92. The van der Waals surface area contributed by atoms with E-state index in [0.29, 0.717) is 24.1 Å². The molecule has 0 unspecified atom stereocenters. The zero-order valence-electron chi connectivity index (χ0n) is 12.2. The van der Waals surface area contributed by atoms with Crippen molar-refractivity contribution in [1.29, 1.82) is 5.26 Å². The van der Waals surface area contributed by atoms with E-state index >= 15 is 0 Å². The van der Waals surface area contributed by atoms with E-state index in [1.165, 1.54) is 11.4 Å². The van der Waals surface area contributed by atoms with Crippen LogP contribution in [0.4, 0.5) is 0 Å². The summed E-state index contributed by atoms with van der Waals surface area (Å²) in [6, 6.07) is 8.36. The Bertz CT molecular complexity index is 618. The number of carbonyl (C=O) groups excluding carboxylic acids is 1. The minimum absolute atomic E-state index is 0.178. The zero-order valence-corrected chi connectivity index (χ0v) is 13.0.